The summed E-state index contributed by atoms with van der Waals surface area (Å²) in [5.74, 6) is 2.10. The van der Waals surface area contributed by atoms with Crippen LogP contribution >= 0.6 is 11.8 Å². The SMILES string of the molecule is O=S(=O)(c1cccc(CSc2nnc(C3CC3)n2-c2ccccc2)c1)N1CCOCC1. The van der Waals surface area contributed by atoms with Crippen molar-refractivity contribution in [3.63, 3.8) is 0 Å². The van der Waals surface area contributed by atoms with Crippen molar-refractivity contribution in [2.75, 3.05) is 26.3 Å². The highest BCUT2D eigenvalue weighted by Crippen LogP contribution is 2.41. The topological polar surface area (TPSA) is 77.3 Å². The summed E-state index contributed by atoms with van der Waals surface area (Å²) in [6.07, 6.45) is 2.30. The van der Waals surface area contributed by atoms with Crippen LogP contribution in [-0.4, -0.2) is 53.8 Å². The number of benzene rings is 2. The molecular weight excluding hydrogens is 432 g/mol. The maximum absolute atomic E-state index is 13.0. The van der Waals surface area contributed by atoms with Crippen molar-refractivity contribution < 1.29 is 13.2 Å². The zero-order valence-corrected chi connectivity index (χ0v) is 18.7. The molecule has 31 heavy (non-hydrogen) atoms. The molecule has 2 fully saturated rings. The summed E-state index contributed by atoms with van der Waals surface area (Å²) in [5.41, 5.74) is 2.00. The molecule has 1 aromatic heterocycles. The number of sulfonamides is 1. The van der Waals surface area contributed by atoms with Crippen LogP contribution in [-0.2, 0) is 20.5 Å². The van der Waals surface area contributed by atoms with Gasteiger partial charge in [0.1, 0.15) is 5.82 Å². The third-order valence-electron chi connectivity index (χ3n) is 5.49. The van der Waals surface area contributed by atoms with Gasteiger partial charge in [-0.1, -0.05) is 42.1 Å². The van der Waals surface area contributed by atoms with E-state index in [9.17, 15) is 8.42 Å². The Morgan fingerprint density at radius 2 is 1.77 bits per heavy atom. The third kappa shape index (κ3) is 4.41. The standard InChI is InChI=1S/C22H24N4O3S2/c27-31(28,25-11-13-29-14-12-25)20-8-4-5-17(15-20)16-30-22-24-23-21(18-9-10-18)26(22)19-6-2-1-3-7-19/h1-8,15,18H,9-14,16H2. The van der Waals surface area contributed by atoms with Crippen LogP contribution in [0.25, 0.3) is 5.69 Å². The van der Waals surface area contributed by atoms with E-state index < -0.39 is 10.0 Å². The van der Waals surface area contributed by atoms with Crippen molar-refractivity contribution in [2.45, 2.75) is 34.6 Å². The fraction of sp³-hybridized carbons (Fsp3) is 0.364. The molecule has 0 unspecified atom stereocenters. The van der Waals surface area contributed by atoms with Crippen molar-refractivity contribution >= 4 is 21.8 Å². The van der Waals surface area contributed by atoms with E-state index in [-0.39, 0.29) is 0 Å². The van der Waals surface area contributed by atoms with Crippen LogP contribution in [0.4, 0.5) is 0 Å². The second kappa shape index (κ2) is 8.74. The largest absolute Gasteiger partial charge is 0.379 e. The fourth-order valence-corrected chi connectivity index (χ4v) is 6.06. The molecule has 1 saturated carbocycles. The molecule has 0 N–H and O–H groups in total. The number of aromatic nitrogens is 3. The minimum absolute atomic E-state index is 0.329. The molecule has 0 amide bonds. The van der Waals surface area contributed by atoms with Gasteiger partial charge in [0.2, 0.25) is 10.0 Å². The Morgan fingerprint density at radius 3 is 2.52 bits per heavy atom. The molecule has 1 saturated heterocycles. The molecule has 0 bridgehead atoms. The first-order valence-electron chi connectivity index (χ1n) is 10.4. The Balaban J connectivity index is 1.37. The minimum atomic E-state index is -3.51. The molecule has 0 spiro atoms. The quantitative estimate of drug-likeness (QED) is 0.507. The average molecular weight is 457 g/mol. The first-order chi connectivity index (χ1) is 15.1. The Kier molecular flexibility index (Phi) is 5.83. The molecule has 5 rings (SSSR count). The summed E-state index contributed by atoms with van der Waals surface area (Å²) < 4.78 is 34.9. The molecule has 2 aromatic carbocycles. The number of morpholine rings is 1. The summed E-state index contributed by atoms with van der Waals surface area (Å²) in [7, 11) is -3.51. The Morgan fingerprint density at radius 1 is 1.00 bits per heavy atom. The normalized spacial score (nSPS) is 17.7. The zero-order chi connectivity index (χ0) is 21.3. The number of thioether (sulfide) groups is 1. The van der Waals surface area contributed by atoms with E-state index in [4.69, 9.17) is 4.74 Å². The van der Waals surface area contributed by atoms with E-state index in [0.29, 0.717) is 42.9 Å². The van der Waals surface area contributed by atoms with Gasteiger partial charge in [-0.2, -0.15) is 4.31 Å². The number of nitrogens with zero attached hydrogens (tertiary/aromatic N) is 4. The lowest BCUT2D eigenvalue weighted by atomic mass is 10.2. The minimum Gasteiger partial charge on any atom is -0.379 e. The molecule has 3 aromatic rings. The molecule has 162 valence electrons. The number of hydrogen-bond acceptors (Lipinski definition) is 6. The summed E-state index contributed by atoms with van der Waals surface area (Å²) >= 11 is 1.58. The molecule has 0 atom stereocenters. The molecule has 1 aliphatic heterocycles. The van der Waals surface area contributed by atoms with Gasteiger partial charge < -0.3 is 4.74 Å². The van der Waals surface area contributed by atoms with Gasteiger partial charge in [0.25, 0.3) is 0 Å². The third-order valence-corrected chi connectivity index (χ3v) is 8.38. The van der Waals surface area contributed by atoms with Crippen LogP contribution < -0.4 is 0 Å². The van der Waals surface area contributed by atoms with E-state index in [0.717, 1.165) is 35.1 Å². The number of para-hydroxylation sites is 1. The average Bonchev–Trinajstić information content (AvgIpc) is 3.58. The van der Waals surface area contributed by atoms with Gasteiger partial charge in [-0.25, -0.2) is 8.42 Å². The highest BCUT2D eigenvalue weighted by atomic mass is 32.2. The number of hydrogen-bond donors (Lipinski definition) is 0. The van der Waals surface area contributed by atoms with Crippen LogP contribution in [0.3, 0.4) is 0 Å². The fourth-order valence-electron chi connectivity index (χ4n) is 3.68. The predicted molar refractivity (Wildman–Crippen MR) is 119 cm³/mol. The van der Waals surface area contributed by atoms with Crippen LogP contribution in [0.5, 0.6) is 0 Å². The van der Waals surface area contributed by atoms with Gasteiger partial charge in [-0.15, -0.1) is 10.2 Å². The number of rotatable bonds is 7. The van der Waals surface area contributed by atoms with E-state index in [1.807, 2.05) is 24.3 Å². The summed E-state index contributed by atoms with van der Waals surface area (Å²) in [4.78, 5) is 0.329. The Hall–Kier alpha value is -2.20. The Bertz CT molecular complexity index is 1150. The van der Waals surface area contributed by atoms with Gasteiger partial charge in [0.05, 0.1) is 18.1 Å². The van der Waals surface area contributed by atoms with Crippen molar-refractivity contribution in [1.29, 1.82) is 0 Å². The maximum Gasteiger partial charge on any atom is 0.243 e. The molecule has 7 nitrogen and oxygen atoms in total. The predicted octanol–water partition coefficient (Wildman–Crippen LogP) is 3.46. The van der Waals surface area contributed by atoms with Gasteiger partial charge in [0, 0.05) is 30.4 Å². The van der Waals surface area contributed by atoms with Crippen LogP contribution in [0.2, 0.25) is 0 Å². The lowest BCUT2D eigenvalue weighted by molar-refractivity contribution is 0.0730. The maximum atomic E-state index is 13.0. The van der Waals surface area contributed by atoms with Crippen molar-refractivity contribution in [3.05, 3.63) is 66.0 Å². The van der Waals surface area contributed by atoms with Crippen LogP contribution in [0.1, 0.15) is 30.1 Å². The molecule has 2 heterocycles. The van der Waals surface area contributed by atoms with Gasteiger partial charge in [0.15, 0.2) is 5.16 Å². The smallest absolute Gasteiger partial charge is 0.243 e. The van der Waals surface area contributed by atoms with Crippen LogP contribution in [0, 0.1) is 0 Å². The first-order valence-corrected chi connectivity index (χ1v) is 12.9. The van der Waals surface area contributed by atoms with Crippen molar-refractivity contribution in [3.8, 4) is 5.69 Å². The highest BCUT2D eigenvalue weighted by molar-refractivity contribution is 7.98. The van der Waals surface area contributed by atoms with Gasteiger partial charge in [-0.05, 0) is 42.7 Å². The molecular formula is C22H24N4O3S2. The van der Waals surface area contributed by atoms with E-state index in [1.54, 1.807) is 30.0 Å². The van der Waals surface area contributed by atoms with E-state index >= 15 is 0 Å². The van der Waals surface area contributed by atoms with Crippen LogP contribution in [0.15, 0.2) is 64.6 Å². The Labute approximate surface area is 186 Å². The molecule has 9 heteroatoms. The van der Waals surface area contributed by atoms with Gasteiger partial charge >= 0.3 is 0 Å². The lowest BCUT2D eigenvalue weighted by Gasteiger charge is -2.26. The second-order valence-corrected chi connectivity index (χ2v) is 10.6. The van der Waals surface area contributed by atoms with Gasteiger partial charge in [-0.3, -0.25) is 4.57 Å². The molecule has 0 radical (unpaired) electrons. The number of ether oxygens (including phenoxy) is 1. The monoisotopic (exact) mass is 456 g/mol. The van der Waals surface area contributed by atoms with E-state index in [1.165, 1.54) is 4.31 Å². The molecule has 2 aliphatic rings. The van der Waals surface area contributed by atoms with Crippen molar-refractivity contribution in [1.82, 2.24) is 19.1 Å². The van der Waals surface area contributed by atoms with E-state index in [2.05, 4.69) is 26.9 Å². The zero-order valence-electron chi connectivity index (χ0n) is 17.1. The second-order valence-electron chi connectivity index (χ2n) is 7.74. The highest BCUT2D eigenvalue weighted by Gasteiger charge is 2.31. The molecule has 1 aliphatic carbocycles. The lowest BCUT2D eigenvalue weighted by Crippen LogP contribution is -2.40. The van der Waals surface area contributed by atoms with Crippen molar-refractivity contribution in [2.24, 2.45) is 0 Å². The summed E-state index contributed by atoms with van der Waals surface area (Å²) in [5, 5.41) is 9.74. The summed E-state index contributed by atoms with van der Waals surface area (Å²) in [6.45, 7) is 1.66. The summed E-state index contributed by atoms with van der Waals surface area (Å²) in [6, 6.07) is 17.3. The first kappa shape index (κ1) is 20.7.